The van der Waals surface area contributed by atoms with Gasteiger partial charge in [0.25, 0.3) is 5.91 Å². The lowest BCUT2D eigenvalue weighted by Crippen LogP contribution is -2.58. The number of carbonyl (C=O) groups excluding carboxylic acids is 1. The number of amides is 1. The number of hydrogen-bond acceptors (Lipinski definition) is 9. The van der Waals surface area contributed by atoms with Gasteiger partial charge in [0, 0.05) is 61.8 Å². The highest BCUT2D eigenvalue weighted by molar-refractivity contribution is 5.93. The maximum Gasteiger partial charge on any atom is 0.309 e. The zero-order valence-corrected chi connectivity index (χ0v) is 30.1. The van der Waals surface area contributed by atoms with E-state index >= 15 is 0 Å². The third-order valence-corrected chi connectivity index (χ3v) is 11.7. The molecule has 2 saturated carbocycles. The molecule has 284 valence electrons. The summed E-state index contributed by atoms with van der Waals surface area (Å²) in [5.74, 6) is -3.23. The van der Waals surface area contributed by atoms with Gasteiger partial charge in [0.1, 0.15) is 17.5 Å². The van der Waals surface area contributed by atoms with Gasteiger partial charge in [-0.1, -0.05) is 54.4 Å². The fraction of sp³-hybridized carbons (Fsp3) is 0.357. The number of piperidine rings is 1. The van der Waals surface area contributed by atoms with E-state index in [2.05, 4.69) is 56.8 Å². The Hall–Kier alpha value is -5.53. The third kappa shape index (κ3) is 7.09. The topological polar surface area (TPSA) is 168 Å². The van der Waals surface area contributed by atoms with Gasteiger partial charge in [0.2, 0.25) is 0 Å². The highest BCUT2D eigenvalue weighted by Gasteiger charge is 2.50. The molecule has 3 aromatic carbocycles. The van der Waals surface area contributed by atoms with Crippen molar-refractivity contribution in [3.05, 3.63) is 119 Å². The molecular weight excluding hydrogens is 706 g/mol. The van der Waals surface area contributed by atoms with Crippen molar-refractivity contribution < 1.29 is 33.1 Å². The lowest BCUT2D eigenvalue weighted by molar-refractivity contribution is -0.145. The second-order valence-corrected chi connectivity index (χ2v) is 15.0. The van der Waals surface area contributed by atoms with Crippen molar-refractivity contribution in [2.45, 2.75) is 75.0 Å². The summed E-state index contributed by atoms with van der Waals surface area (Å²) in [7, 11) is 0. The van der Waals surface area contributed by atoms with Gasteiger partial charge in [0.05, 0.1) is 23.0 Å². The molecular formula is C42H42F2N6O5. The van der Waals surface area contributed by atoms with Crippen LogP contribution in [0.4, 0.5) is 14.5 Å². The minimum atomic E-state index is -1.03. The summed E-state index contributed by atoms with van der Waals surface area (Å²) < 4.78 is 32.1. The summed E-state index contributed by atoms with van der Waals surface area (Å²) in [6.07, 6.45) is 10.2. The summed E-state index contributed by atoms with van der Waals surface area (Å²) in [5.41, 5.74) is 13.8. The average Bonchev–Trinajstić information content (AvgIpc) is 3.67. The van der Waals surface area contributed by atoms with Crippen LogP contribution >= 0.6 is 0 Å². The number of aromatic nitrogens is 3. The molecule has 4 atom stereocenters. The van der Waals surface area contributed by atoms with Crippen LogP contribution in [-0.4, -0.2) is 73.4 Å². The minimum absolute atomic E-state index is 0.0384. The quantitative estimate of drug-likeness (QED) is 0.139. The molecule has 0 spiro atoms. The molecule has 1 amide bonds. The lowest BCUT2D eigenvalue weighted by atomic mass is 9.86. The Bertz CT molecular complexity index is 2230. The van der Waals surface area contributed by atoms with E-state index in [1.54, 1.807) is 0 Å². The number of carboxylic acid groups (broad SMARTS) is 1. The Kier molecular flexibility index (Phi) is 9.91. The predicted octanol–water partition coefficient (Wildman–Crippen LogP) is 6.14. The number of aliphatic hydroxyl groups excluding tert-OH is 1. The number of hydrogen-bond donors (Lipinski definition) is 4. The van der Waals surface area contributed by atoms with Gasteiger partial charge in [-0.25, -0.2) is 18.7 Å². The van der Waals surface area contributed by atoms with Crippen LogP contribution < -0.4 is 11.1 Å². The number of benzene rings is 3. The number of likely N-dealkylation sites (tertiary alicyclic amines) is 1. The molecule has 1 saturated heterocycles. The normalized spacial score (nSPS) is 22.5. The molecule has 4 aliphatic rings. The Labute approximate surface area is 316 Å². The van der Waals surface area contributed by atoms with Crippen LogP contribution in [0.5, 0.6) is 0 Å². The maximum atomic E-state index is 14.0. The first kappa shape index (κ1) is 36.4. The van der Waals surface area contributed by atoms with Crippen molar-refractivity contribution in [3.63, 3.8) is 0 Å². The van der Waals surface area contributed by atoms with Gasteiger partial charge in [-0.2, -0.15) is 0 Å². The minimum Gasteiger partial charge on any atom is -0.481 e. The van der Waals surface area contributed by atoms with Crippen LogP contribution in [0.1, 0.15) is 77.9 Å². The van der Waals surface area contributed by atoms with Crippen molar-refractivity contribution in [2.75, 3.05) is 18.8 Å². The molecule has 3 aliphatic carbocycles. The summed E-state index contributed by atoms with van der Waals surface area (Å²) in [6.45, 7) is 0.786. The fourth-order valence-electron chi connectivity index (χ4n) is 8.60. The number of carboxylic acids is 1. The number of nitrogens with one attached hydrogen (secondary N) is 1. The van der Waals surface area contributed by atoms with E-state index in [9.17, 15) is 28.6 Å². The second kappa shape index (κ2) is 15.0. The number of nitrogen functional groups attached to an aromatic ring is 1. The van der Waals surface area contributed by atoms with E-state index in [1.807, 2.05) is 23.4 Å². The van der Waals surface area contributed by atoms with E-state index in [-0.39, 0.29) is 35.0 Å². The summed E-state index contributed by atoms with van der Waals surface area (Å²) in [4.78, 5) is 35.6. The monoisotopic (exact) mass is 748 g/mol. The van der Waals surface area contributed by atoms with Gasteiger partial charge in [-0.05, 0) is 78.1 Å². The molecule has 3 fully saturated rings. The molecule has 5 aromatic rings. The Morgan fingerprint density at radius 2 is 1.69 bits per heavy atom. The van der Waals surface area contributed by atoms with Crippen molar-refractivity contribution in [1.82, 2.24) is 25.3 Å². The van der Waals surface area contributed by atoms with E-state index in [0.717, 1.165) is 56.1 Å². The molecule has 9 rings (SSSR count). The first-order valence-electron chi connectivity index (χ1n) is 18.8. The van der Waals surface area contributed by atoms with Gasteiger partial charge in [-0.3, -0.25) is 14.5 Å². The molecule has 3 heterocycles. The summed E-state index contributed by atoms with van der Waals surface area (Å²) in [6, 6.07) is 18.4. The van der Waals surface area contributed by atoms with Crippen molar-refractivity contribution in [2.24, 2.45) is 5.92 Å². The van der Waals surface area contributed by atoms with Gasteiger partial charge in [0.15, 0.2) is 11.5 Å². The molecule has 0 radical (unpaired) electrons. The van der Waals surface area contributed by atoms with Crippen LogP contribution in [0.15, 0.2) is 83.6 Å². The fourth-order valence-corrected chi connectivity index (χ4v) is 8.60. The molecule has 2 aromatic heterocycles. The SMILES string of the molecule is Nc1c(C2(c3ncccn3)CC2)ccc2c1Cc1ccccc1-2.O=C(N[C@@H]1CCN([C@H]2CCCC[C@H]2O)C[C@H]1C(=O)O)c1cc(-c2ccc(F)cc2F)on1. The largest absolute Gasteiger partial charge is 0.481 e. The summed E-state index contributed by atoms with van der Waals surface area (Å²) in [5, 5.41) is 26.4. The zero-order valence-electron chi connectivity index (χ0n) is 30.1. The number of anilines is 1. The number of nitrogens with two attached hydrogens (primary N) is 1. The lowest BCUT2D eigenvalue weighted by Gasteiger charge is -2.43. The van der Waals surface area contributed by atoms with Crippen molar-refractivity contribution in [1.29, 1.82) is 0 Å². The van der Waals surface area contributed by atoms with E-state index in [0.29, 0.717) is 25.5 Å². The van der Waals surface area contributed by atoms with Gasteiger partial charge < -0.3 is 25.8 Å². The highest BCUT2D eigenvalue weighted by atomic mass is 19.1. The number of halogens is 2. The smallest absolute Gasteiger partial charge is 0.309 e. The molecule has 11 nitrogen and oxygen atoms in total. The molecule has 5 N–H and O–H groups in total. The summed E-state index contributed by atoms with van der Waals surface area (Å²) >= 11 is 0. The van der Waals surface area contributed by atoms with Crippen LogP contribution in [0.3, 0.4) is 0 Å². The number of rotatable bonds is 7. The van der Waals surface area contributed by atoms with E-state index < -0.39 is 41.6 Å². The van der Waals surface area contributed by atoms with Crippen LogP contribution in [0.2, 0.25) is 0 Å². The third-order valence-electron chi connectivity index (χ3n) is 11.7. The maximum absolute atomic E-state index is 14.0. The van der Waals surface area contributed by atoms with Crippen LogP contribution in [-0.2, 0) is 16.6 Å². The predicted molar refractivity (Wildman–Crippen MR) is 200 cm³/mol. The zero-order chi connectivity index (χ0) is 38.3. The number of aliphatic carboxylic acids is 1. The number of fused-ring (bicyclic) bond motifs is 3. The van der Waals surface area contributed by atoms with Crippen molar-refractivity contribution >= 4 is 17.6 Å². The Morgan fingerprint density at radius 3 is 2.44 bits per heavy atom. The van der Waals surface area contributed by atoms with Gasteiger partial charge >= 0.3 is 5.97 Å². The van der Waals surface area contributed by atoms with Crippen molar-refractivity contribution in [3.8, 4) is 22.5 Å². The Balaban J connectivity index is 0.000000163. The average molecular weight is 749 g/mol. The standard InChI is InChI=1S/C22H25F2N3O5.C20H17N3/c23-12-5-6-13(15(24)9-12)20-10-17(26-32-20)21(29)25-16-7-8-27(11-14(16)22(30)31)18-3-1-2-4-19(18)28;21-18-16-12-13-4-1-2-5-14(13)15(16)6-7-17(18)20(8-9-20)19-22-10-3-11-23-19/h5-6,9-10,14,16,18-19,28H,1-4,7-8,11H2,(H,25,29)(H,30,31);1-7,10-11H,8-9,12,21H2/t14-,16-,18+,19-;/m1./s1. The first-order valence-corrected chi connectivity index (χ1v) is 18.8. The molecule has 0 unspecified atom stereocenters. The van der Waals surface area contributed by atoms with Gasteiger partial charge in [-0.15, -0.1) is 0 Å². The van der Waals surface area contributed by atoms with Crippen LogP contribution in [0.25, 0.3) is 22.5 Å². The molecule has 55 heavy (non-hydrogen) atoms. The van der Waals surface area contributed by atoms with E-state index in [4.69, 9.17) is 10.3 Å². The van der Waals surface area contributed by atoms with Crippen LogP contribution in [0, 0.1) is 17.6 Å². The first-order chi connectivity index (χ1) is 26.6. The molecule has 1 aliphatic heterocycles. The molecule has 0 bridgehead atoms. The number of aliphatic hydroxyl groups is 1. The number of nitrogens with zero attached hydrogens (tertiary/aromatic N) is 4. The number of carbonyl (C=O) groups is 2. The highest BCUT2D eigenvalue weighted by Crippen LogP contribution is 2.55. The van der Waals surface area contributed by atoms with E-state index in [1.165, 1.54) is 39.9 Å². The molecule has 13 heteroatoms. The Morgan fingerprint density at radius 1 is 0.927 bits per heavy atom. The second-order valence-electron chi connectivity index (χ2n) is 15.0.